The Labute approximate surface area is 85.0 Å². The lowest BCUT2D eigenvalue weighted by Gasteiger charge is -2.34. The third-order valence-corrected chi connectivity index (χ3v) is 4.48. The molecule has 13 heavy (non-hydrogen) atoms. The van der Waals surface area contributed by atoms with Crippen LogP contribution in [0, 0.1) is 0 Å². The van der Waals surface area contributed by atoms with Crippen LogP contribution in [0.2, 0.25) is 0 Å². The summed E-state index contributed by atoms with van der Waals surface area (Å²) in [5, 5.41) is 3.25. The van der Waals surface area contributed by atoms with E-state index in [2.05, 4.69) is 10.2 Å². The summed E-state index contributed by atoms with van der Waals surface area (Å²) in [6.07, 6.45) is 0. The quantitative estimate of drug-likeness (QED) is 0.582. The summed E-state index contributed by atoms with van der Waals surface area (Å²) in [7, 11) is -0.767. The summed E-state index contributed by atoms with van der Waals surface area (Å²) in [4.78, 5) is 2.14. The molecule has 0 aromatic heterocycles. The zero-order valence-corrected chi connectivity index (χ0v) is 9.20. The molecule has 0 aromatic rings. The van der Waals surface area contributed by atoms with Gasteiger partial charge in [0.2, 0.25) is 0 Å². The number of hydrogen-bond acceptors (Lipinski definition) is 4. The number of nitrogens with zero attached hydrogens (tertiary/aromatic N) is 1. The lowest BCUT2D eigenvalue weighted by molar-refractivity contribution is 0.185. The number of hydrogen-bond donors (Lipinski definition) is 1. The van der Waals surface area contributed by atoms with Gasteiger partial charge in [0.1, 0.15) is 0 Å². The van der Waals surface area contributed by atoms with Crippen molar-refractivity contribution in [2.45, 2.75) is 12.1 Å². The predicted octanol–water partition coefficient (Wildman–Crippen LogP) is -0.891. The maximum Gasteiger partial charge on any atom is 0.153 e. The summed E-state index contributed by atoms with van der Waals surface area (Å²) < 4.78 is 22.6. The van der Waals surface area contributed by atoms with E-state index < -0.39 is 9.84 Å². The number of rotatable bonds is 0. The summed E-state index contributed by atoms with van der Waals surface area (Å²) in [6, 6.07) is 0.387. The molecule has 2 fully saturated rings. The fourth-order valence-electron chi connectivity index (χ4n) is 2.05. The fourth-order valence-corrected chi connectivity index (χ4v) is 4.08. The Morgan fingerprint density at radius 3 is 2.69 bits per heavy atom. The van der Waals surface area contributed by atoms with Crippen molar-refractivity contribution < 1.29 is 8.42 Å². The Bertz CT molecular complexity index is 280. The van der Waals surface area contributed by atoms with Gasteiger partial charge < -0.3 is 5.32 Å². The van der Waals surface area contributed by atoms with Gasteiger partial charge in [0.05, 0.1) is 11.5 Å². The molecule has 78 valence electrons. The molecule has 0 aromatic carbocycles. The van der Waals surface area contributed by atoms with Crippen molar-refractivity contribution in [2.75, 3.05) is 31.6 Å². The van der Waals surface area contributed by atoms with Crippen LogP contribution in [0.5, 0.6) is 0 Å². The van der Waals surface area contributed by atoms with Gasteiger partial charge in [-0.05, 0) is 7.05 Å². The molecule has 6 heteroatoms. The molecule has 2 heterocycles. The number of halogens is 1. The average molecular weight is 227 g/mol. The molecular formula is C7H15ClN2O2S. The largest absolute Gasteiger partial charge is 0.310 e. The molecule has 0 saturated carbocycles. The second-order valence-corrected chi connectivity index (χ2v) is 5.84. The van der Waals surface area contributed by atoms with Crippen LogP contribution < -0.4 is 5.32 Å². The van der Waals surface area contributed by atoms with E-state index in [0.717, 1.165) is 13.1 Å². The van der Waals surface area contributed by atoms with Crippen LogP contribution in [0.4, 0.5) is 0 Å². The van der Waals surface area contributed by atoms with Crippen LogP contribution in [0.15, 0.2) is 0 Å². The number of nitrogens with one attached hydrogen (secondary N) is 1. The van der Waals surface area contributed by atoms with Gasteiger partial charge in [-0.3, -0.25) is 4.90 Å². The molecule has 0 unspecified atom stereocenters. The van der Waals surface area contributed by atoms with Crippen LogP contribution in [0.1, 0.15) is 0 Å². The summed E-state index contributed by atoms with van der Waals surface area (Å²) in [5.74, 6) is 0.656. The predicted molar refractivity (Wildman–Crippen MR) is 54.1 cm³/mol. The van der Waals surface area contributed by atoms with Gasteiger partial charge in [0, 0.05) is 25.2 Å². The van der Waals surface area contributed by atoms with Crippen molar-refractivity contribution in [1.29, 1.82) is 0 Å². The van der Waals surface area contributed by atoms with E-state index in [-0.39, 0.29) is 24.5 Å². The molecule has 0 radical (unpaired) electrons. The molecule has 1 N–H and O–H groups in total. The standard InChI is InChI=1S/C7H14N2O2S.ClH/c1-9-3-2-8-6-4-12(10,11)5-7(6)9;/h6-8H,2-5H2,1H3;1H/t6-,7+;/m0./s1. The third-order valence-electron chi connectivity index (χ3n) is 2.76. The van der Waals surface area contributed by atoms with E-state index in [9.17, 15) is 8.42 Å². The highest BCUT2D eigenvalue weighted by Gasteiger charge is 2.41. The van der Waals surface area contributed by atoms with Crippen molar-refractivity contribution in [3.8, 4) is 0 Å². The minimum absolute atomic E-state index is 0. The molecule has 2 atom stereocenters. The van der Waals surface area contributed by atoms with Crippen LogP contribution in [-0.4, -0.2) is 57.0 Å². The first-order valence-electron chi connectivity index (χ1n) is 4.22. The molecular weight excluding hydrogens is 212 g/mol. The number of likely N-dealkylation sites (N-methyl/N-ethyl adjacent to an activating group) is 1. The zero-order chi connectivity index (χ0) is 8.77. The smallest absolute Gasteiger partial charge is 0.153 e. The van der Waals surface area contributed by atoms with Gasteiger partial charge in [0.15, 0.2) is 9.84 Å². The van der Waals surface area contributed by atoms with Crippen molar-refractivity contribution in [1.82, 2.24) is 10.2 Å². The minimum Gasteiger partial charge on any atom is -0.310 e. The highest BCUT2D eigenvalue weighted by atomic mass is 35.5. The SMILES string of the molecule is CN1CCN[C@H]2CS(=O)(=O)C[C@H]21.Cl. The Kier molecular flexibility index (Phi) is 3.22. The van der Waals surface area contributed by atoms with E-state index in [1.165, 1.54) is 0 Å². The molecule has 2 saturated heterocycles. The van der Waals surface area contributed by atoms with E-state index in [1.54, 1.807) is 0 Å². The summed E-state index contributed by atoms with van der Waals surface area (Å²) in [5.41, 5.74) is 0. The molecule has 2 aliphatic rings. The van der Waals surface area contributed by atoms with E-state index in [0.29, 0.717) is 11.5 Å². The Morgan fingerprint density at radius 2 is 2.08 bits per heavy atom. The van der Waals surface area contributed by atoms with Crippen LogP contribution in [0.25, 0.3) is 0 Å². The monoisotopic (exact) mass is 226 g/mol. The van der Waals surface area contributed by atoms with Gasteiger partial charge >= 0.3 is 0 Å². The Hall–Kier alpha value is 0.160. The van der Waals surface area contributed by atoms with Crippen molar-refractivity contribution in [2.24, 2.45) is 0 Å². The number of fused-ring (bicyclic) bond motifs is 1. The highest BCUT2D eigenvalue weighted by Crippen LogP contribution is 2.19. The van der Waals surface area contributed by atoms with Gasteiger partial charge in [-0.25, -0.2) is 8.42 Å². The molecule has 4 nitrogen and oxygen atoms in total. The van der Waals surface area contributed by atoms with Crippen molar-refractivity contribution in [3.63, 3.8) is 0 Å². The molecule has 0 bridgehead atoms. The maximum atomic E-state index is 11.3. The zero-order valence-electron chi connectivity index (χ0n) is 7.56. The average Bonchev–Trinajstić information content (AvgIpc) is 2.25. The molecule has 0 amide bonds. The molecule has 0 aliphatic carbocycles. The number of piperazine rings is 1. The first-order chi connectivity index (χ1) is 5.58. The summed E-state index contributed by atoms with van der Waals surface area (Å²) >= 11 is 0. The van der Waals surface area contributed by atoms with E-state index in [1.807, 2.05) is 7.05 Å². The second kappa shape index (κ2) is 3.73. The molecule has 2 rings (SSSR count). The minimum atomic E-state index is -2.77. The van der Waals surface area contributed by atoms with Crippen LogP contribution in [0.3, 0.4) is 0 Å². The van der Waals surface area contributed by atoms with Crippen molar-refractivity contribution in [3.05, 3.63) is 0 Å². The van der Waals surface area contributed by atoms with Crippen LogP contribution >= 0.6 is 12.4 Å². The number of sulfone groups is 1. The Morgan fingerprint density at radius 1 is 1.38 bits per heavy atom. The first-order valence-corrected chi connectivity index (χ1v) is 6.05. The topological polar surface area (TPSA) is 49.4 Å². The van der Waals surface area contributed by atoms with Crippen LogP contribution in [-0.2, 0) is 9.84 Å². The first kappa shape index (κ1) is 11.2. The van der Waals surface area contributed by atoms with E-state index in [4.69, 9.17) is 0 Å². The normalized spacial score (nSPS) is 37.9. The summed E-state index contributed by atoms with van der Waals surface area (Å²) in [6.45, 7) is 1.86. The molecule has 2 aliphatic heterocycles. The molecule has 0 spiro atoms. The van der Waals surface area contributed by atoms with Gasteiger partial charge in [0.25, 0.3) is 0 Å². The maximum absolute atomic E-state index is 11.3. The Balaban J connectivity index is 0.000000845. The lowest BCUT2D eigenvalue weighted by Crippen LogP contribution is -2.55. The van der Waals surface area contributed by atoms with Gasteiger partial charge in [-0.1, -0.05) is 0 Å². The second-order valence-electron chi connectivity index (χ2n) is 3.69. The van der Waals surface area contributed by atoms with E-state index >= 15 is 0 Å². The third kappa shape index (κ3) is 2.15. The highest BCUT2D eigenvalue weighted by molar-refractivity contribution is 7.91. The van der Waals surface area contributed by atoms with Gasteiger partial charge in [-0.2, -0.15) is 0 Å². The lowest BCUT2D eigenvalue weighted by atomic mass is 10.1. The van der Waals surface area contributed by atoms with Crippen molar-refractivity contribution >= 4 is 22.2 Å². The van der Waals surface area contributed by atoms with Gasteiger partial charge in [-0.15, -0.1) is 12.4 Å². The fraction of sp³-hybridized carbons (Fsp3) is 1.00.